The number of morpholine rings is 1. The minimum absolute atomic E-state index is 0.112. The van der Waals surface area contributed by atoms with Crippen molar-refractivity contribution in [1.29, 1.82) is 0 Å². The third-order valence-electron chi connectivity index (χ3n) is 5.44. The molecule has 1 heterocycles. The van der Waals surface area contributed by atoms with E-state index in [0.29, 0.717) is 17.8 Å². The summed E-state index contributed by atoms with van der Waals surface area (Å²) < 4.78 is 23.2. The first-order valence-electron chi connectivity index (χ1n) is 14.7. The van der Waals surface area contributed by atoms with Crippen LogP contribution in [-0.4, -0.2) is 50.3 Å². The zero-order valence-electron chi connectivity index (χ0n) is 27.1. The number of esters is 1. The highest BCUT2D eigenvalue weighted by atomic mass is 19.1. The molecule has 1 aromatic rings. The molecule has 0 aromatic heterocycles. The highest BCUT2D eigenvalue weighted by Gasteiger charge is 2.13. The van der Waals surface area contributed by atoms with Crippen molar-refractivity contribution in [1.82, 2.24) is 10.3 Å². The van der Waals surface area contributed by atoms with Crippen molar-refractivity contribution >= 4 is 18.1 Å². The summed E-state index contributed by atoms with van der Waals surface area (Å²) in [5, 5.41) is 3.82. The molecule has 10 heteroatoms. The number of carbonyl (C=O) groups is 2. The van der Waals surface area contributed by atoms with Gasteiger partial charge in [0.1, 0.15) is 11.5 Å². The van der Waals surface area contributed by atoms with Crippen LogP contribution in [0.1, 0.15) is 73.8 Å². The summed E-state index contributed by atoms with van der Waals surface area (Å²) in [6.45, 7) is 20.7. The van der Waals surface area contributed by atoms with Crippen LogP contribution in [0.25, 0.3) is 0 Å². The molecule has 1 fully saturated rings. The molecule has 2 rings (SSSR count). The standard InChI is InChI=1S/C17H28N4O3.C11H14FNO.2C2H6/c1-5-8-9-13(4)16(10-14(6-2)20-12-22)21(19)11-15(18)17(23)24-7-3;1-9-6-10(12)8-11(7-9)13-2-4-14-5-3-13;2*1-2/h6,9-12H,5,7-8,18-19H2,1-4H3,(H,20,22);6-8H,2-5H2,1H3;2*1-2H3/b13-9+,14-6+,15-11-,16-10+;;;. The van der Waals surface area contributed by atoms with Crippen LogP contribution in [0.4, 0.5) is 10.1 Å². The maximum absolute atomic E-state index is 13.1. The second-order valence-electron chi connectivity index (χ2n) is 8.51. The number of benzene rings is 1. The first-order chi connectivity index (χ1) is 20.2. The molecule has 0 unspecified atom stereocenters. The minimum Gasteiger partial charge on any atom is -0.461 e. The summed E-state index contributed by atoms with van der Waals surface area (Å²) >= 11 is 0. The molecule has 5 N–H and O–H groups in total. The van der Waals surface area contributed by atoms with Gasteiger partial charge in [-0.25, -0.2) is 15.0 Å². The molecule has 0 bridgehead atoms. The molecule has 1 amide bonds. The Balaban J connectivity index is 0. The van der Waals surface area contributed by atoms with Crippen LogP contribution in [0.15, 0.2) is 65.3 Å². The van der Waals surface area contributed by atoms with Crippen molar-refractivity contribution in [2.24, 2.45) is 11.6 Å². The zero-order chi connectivity index (χ0) is 32.5. The third kappa shape index (κ3) is 16.6. The summed E-state index contributed by atoms with van der Waals surface area (Å²) in [7, 11) is 0. The molecule has 0 radical (unpaired) electrons. The average Bonchev–Trinajstić information content (AvgIpc) is 3.00. The molecule has 0 saturated carbocycles. The molecule has 0 spiro atoms. The van der Waals surface area contributed by atoms with Crippen LogP contribution in [0, 0.1) is 12.7 Å². The van der Waals surface area contributed by atoms with E-state index in [4.69, 9.17) is 21.1 Å². The van der Waals surface area contributed by atoms with Gasteiger partial charge in [-0.2, -0.15) is 0 Å². The number of ether oxygens (including phenoxy) is 2. The normalized spacial score (nSPS) is 13.7. The second-order valence-corrected chi connectivity index (χ2v) is 8.51. The van der Waals surface area contributed by atoms with Crippen molar-refractivity contribution in [2.75, 3.05) is 37.8 Å². The summed E-state index contributed by atoms with van der Waals surface area (Å²) in [4.78, 5) is 24.4. The Morgan fingerprint density at radius 1 is 1.17 bits per heavy atom. The molecule has 1 aromatic carbocycles. The highest BCUT2D eigenvalue weighted by molar-refractivity contribution is 5.87. The fraction of sp³-hybridized carbons (Fsp3) is 0.500. The topological polar surface area (TPSA) is 123 Å². The Morgan fingerprint density at radius 3 is 2.29 bits per heavy atom. The lowest BCUT2D eigenvalue weighted by Crippen LogP contribution is -2.36. The Kier molecular flexibility index (Phi) is 24.2. The van der Waals surface area contributed by atoms with Crippen molar-refractivity contribution in [3.8, 4) is 0 Å². The molecular formula is C32H54FN5O4. The predicted molar refractivity (Wildman–Crippen MR) is 171 cm³/mol. The number of rotatable bonds is 11. The summed E-state index contributed by atoms with van der Waals surface area (Å²) in [5.41, 5.74) is 9.57. The van der Waals surface area contributed by atoms with E-state index < -0.39 is 5.97 Å². The van der Waals surface area contributed by atoms with Gasteiger partial charge in [-0.15, -0.1) is 0 Å². The number of hydrazine groups is 1. The number of halogens is 1. The molecular weight excluding hydrogens is 537 g/mol. The Hall–Kier alpha value is -3.63. The monoisotopic (exact) mass is 591 g/mol. The molecule has 42 heavy (non-hydrogen) atoms. The van der Waals surface area contributed by atoms with Crippen LogP contribution < -0.4 is 21.8 Å². The van der Waals surface area contributed by atoms with Gasteiger partial charge in [-0.3, -0.25) is 9.80 Å². The van der Waals surface area contributed by atoms with Crippen molar-refractivity contribution in [3.05, 3.63) is 76.7 Å². The number of hydrogen-bond acceptors (Lipinski definition) is 8. The number of nitrogens with two attached hydrogens (primary N) is 2. The Morgan fingerprint density at radius 2 is 1.79 bits per heavy atom. The maximum Gasteiger partial charge on any atom is 0.355 e. The quantitative estimate of drug-likeness (QED) is 0.0734. The second kappa shape index (κ2) is 25.1. The van der Waals surface area contributed by atoms with Gasteiger partial charge < -0.3 is 25.4 Å². The number of amides is 1. The first-order valence-corrected chi connectivity index (χ1v) is 14.7. The van der Waals surface area contributed by atoms with Crippen LogP contribution in [0.5, 0.6) is 0 Å². The number of carbonyl (C=O) groups excluding carboxylic acids is 2. The van der Waals surface area contributed by atoms with E-state index in [-0.39, 0.29) is 18.1 Å². The van der Waals surface area contributed by atoms with Crippen molar-refractivity contribution in [3.63, 3.8) is 0 Å². The third-order valence-corrected chi connectivity index (χ3v) is 5.44. The number of aryl methyl sites for hydroxylation is 1. The molecule has 1 aliphatic rings. The van der Waals surface area contributed by atoms with Crippen molar-refractivity contribution in [2.45, 2.75) is 75.2 Å². The van der Waals surface area contributed by atoms with E-state index in [1.54, 1.807) is 38.1 Å². The maximum atomic E-state index is 13.1. The number of anilines is 1. The summed E-state index contributed by atoms with van der Waals surface area (Å²) in [5.74, 6) is 5.24. The van der Waals surface area contributed by atoms with E-state index >= 15 is 0 Å². The molecule has 0 atom stereocenters. The largest absolute Gasteiger partial charge is 0.461 e. The summed E-state index contributed by atoms with van der Waals surface area (Å²) in [6, 6.07) is 5.14. The Labute approximate surface area is 253 Å². The molecule has 0 aliphatic carbocycles. The van der Waals surface area contributed by atoms with Crippen LogP contribution in [0.3, 0.4) is 0 Å². The van der Waals surface area contributed by atoms with Gasteiger partial charge in [0.15, 0.2) is 0 Å². The predicted octanol–water partition coefficient (Wildman–Crippen LogP) is 5.83. The number of nitrogens with zero attached hydrogens (tertiary/aromatic N) is 2. The van der Waals surface area contributed by atoms with Gasteiger partial charge in [-0.05, 0) is 69.5 Å². The van der Waals surface area contributed by atoms with Gasteiger partial charge >= 0.3 is 5.97 Å². The fourth-order valence-corrected chi connectivity index (χ4v) is 3.49. The molecule has 238 valence electrons. The van der Waals surface area contributed by atoms with Crippen LogP contribution in [-0.2, 0) is 19.1 Å². The van der Waals surface area contributed by atoms with Crippen LogP contribution in [0.2, 0.25) is 0 Å². The lowest BCUT2D eigenvalue weighted by molar-refractivity contribution is -0.138. The van der Waals surface area contributed by atoms with Crippen LogP contribution >= 0.6 is 0 Å². The average molecular weight is 592 g/mol. The van der Waals surface area contributed by atoms with E-state index in [1.807, 2.05) is 53.7 Å². The molecule has 1 saturated heterocycles. The first kappa shape index (κ1) is 40.5. The van der Waals surface area contributed by atoms with Gasteiger partial charge in [0.2, 0.25) is 6.41 Å². The van der Waals surface area contributed by atoms with Gasteiger partial charge in [0.05, 0.1) is 31.7 Å². The number of unbranched alkanes of at least 4 members (excludes halogenated alkanes) is 1. The number of allylic oxidation sites excluding steroid dienone is 4. The van der Waals surface area contributed by atoms with Crippen molar-refractivity contribution < 1.29 is 23.5 Å². The molecule has 1 aliphatic heterocycles. The SMILES string of the molecule is CC.CC.C\C=C(/C=C(\C(C)=C\CCC)N(N)/C=C(\N)C(=O)OCC)NC=O.Cc1cc(F)cc(N2CCOCC2)c1. The number of nitrogens with one attached hydrogen (secondary N) is 1. The van der Waals surface area contributed by atoms with E-state index in [0.717, 1.165) is 56.0 Å². The van der Waals surface area contributed by atoms with E-state index in [1.165, 1.54) is 11.2 Å². The summed E-state index contributed by atoms with van der Waals surface area (Å²) in [6.07, 6.45) is 9.19. The van der Waals surface area contributed by atoms with Gasteiger partial charge in [0, 0.05) is 24.5 Å². The minimum atomic E-state index is -0.639. The van der Waals surface area contributed by atoms with Gasteiger partial charge in [-0.1, -0.05) is 53.2 Å². The zero-order valence-corrected chi connectivity index (χ0v) is 27.1. The van der Waals surface area contributed by atoms with E-state index in [2.05, 4.69) is 17.1 Å². The highest BCUT2D eigenvalue weighted by Crippen LogP contribution is 2.19. The van der Waals surface area contributed by atoms with Gasteiger partial charge in [0.25, 0.3) is 0 Å². The fourth-order valence-electron chi connectivity index (χ4n) is 3.49. The van der Waals surface area contributed by atoms with E-state index in [9.17, 15) is 14.0 Å². The Bertz CT molecular complexity index is 1010. The smallest absolute Gasteiger partial charge is 0.355 e. The lowest BCUT2D eigenvalue weighted by atomic mass is 10.1. The number of hydrogen-bond donors (Lipinski definition) is 3. The molecule has 9 nitrogen and oxygen atoms in total. The lowest BCUT2D eigenvalue weighted by Gasteiger charge is -2.29.